The molecule has 3 rings (SSSR count). The molecule has 0 N–H and O–H groups in total. The number of carbonyl (C=O) groups excluding carboxylic acids is 1. The highest BCUT2D eigenvalue weighted by atomic mass is 16.6. The van der Waals surface area contributed by atoms with Crippen molar-refractivity contribution >= 4 is 11.7 Å². The third kappa shape index (κ3) is 3.19. The van der Waals surface area contributed by atoms with E-state index in [0.29, 0.717) is 12.3 Å². The topological polar surface area (TPSA) is 29.5 Å². The molecule has 0 saturated carbocycles. The van der Waals surface area contributed by atoms with Crippen LogP contribution in [0.1, 0.15) is 18.9 Å². The summed E-state index contributed by atoms with van der Waals surface area (Å²) in [5, 5.41) is 0. The lowest BCUT2D eigenvalue weighted by Crippen LogP contribution is -2.42. The normalized spacial score (nSPS) is 17.8. The molecule has 1 unspecified atom stereocenters. The highest BCUT2D eigenvalue weighted by molar-refractivity contribution is 5.74. The number of amides is 1. The largest absolute Gasteiger partial charge is 0.415 e. The minimum atomic E-state index is -0.290. The number of benzene rings is 2. The quantitative estimate of drug-likeness (QED) is 0.823. The Labute approximate surface area is 130 Å². The Morgan fingerprint density at radius 2 is 1.68 bits per heavy atom. The summed E-state index contributed by atoms with van der Waals surface area (Å²) >= 11 is 0. The van der Waals surface area contributed by atoms with Gasteiger partial charge in [-0.25, -0.2) is 4.79 Å². The molecule has 0 fully saturated rings. The van der Waals surface area contributed by atoms with Crippen LogP contribution in [0.15, 0.2) is 66.7 Å². The van der Waals surface area contributed by atoms with E-state index in [4.69, 9.17) is 4.74 Å². The van der Waals surface area contributed by atoms with Crippen molar-refractivity contribution < 1.29 is 9.53 Å². The van der Waals surface area contributed by atoms with Crippen LogP contribution in [-0.2, 0) is 0 Å². The van der Waals surface area contributed by atoms with Crippen molar-refractivity contribution in [3.05, 3.63) is 72.3 Å². The lowest BCUT2D eigenvalue weighted by atomic mass is 9.95. The van der Waals surface area contributed by atoms with Crippen molar-refractivity contribution in [3.63, 3.8) is 0 Å². The predicted molar refractivity (Wildman–Crippen MR) is 87.7 cm³/mol. The van der Waals surface area contributed by atoms with Gasteiger partial charge in [-0.2, -0.15) is 0 Å². The van der Waals surface area contributed by atoms with Gasteiger partial charge in [0.2, 0.25) is 0 Å². The van der Waals surface area contributed by atoms with Gasteiger partial charge in [0.15, 0.2) is 0 Å². The van der Waals surface area contributed by atoms with Crippen molar-refractivity contribution in [2.24, 2.45) is 0 Å². The first-order valence-corrected chi connectivity index (χ1v) is 7.52. The van der Waals surface area contributed by atoms with Crippen molar-refractivity contribution in [1.29, 1.82) is 0 Å². The zero-order chi connectivity index (χ0) is 15.4. The molecule has 0 bridgehead atoms. The monoisotopic (exact) mass is 293 g/mol. The summed E-state index contributed by atoms with van der Waals surface area (Å²) in [6.07, 6.45) is 2.66. The van der Waals surface area contributed by atoms with Crippen LogP contribution in [0.2, 0.25) is 0 Å². The Bertz CT molecular complexity index is 664. The molecule has 0 aliphatic carbocycles. The smallest absolute Gasteiger partial charge is 0.410 e. The zero-order valence-corrected chi connectivity index (χ0v) is 12.6. The minimum Gasteiger partial charge on any atom is -0.410 e. The Hall–Kier alpha value is -2.55. The summed E-state index contributed by atoms with van der Waals surface area (Å²) in [6, 6.07) is 19.6. The van der Waals surface area contributed by atoms with Crippen molar-refractivity contribution in [3.8, 4) is 5.75 Å². The van der Waals surface area contributed by atoms with Crippen LogP contribution in [0.4, 0.5) is 4.79 Å². The molecular weight excluding hydrogens is 274 g/mol. The maximum atomic E-state index is 12.3. The van der Waals surface area contributed by atoms with Gasteiger partial charge in [-0.15, -0.1) is 0 Å². The van der Waals surface area contributed by atoms with Gasteiger partial charge in [-0.3, -0.25) is 0 Å². The Balaban J connectivity index is 1.69. The van der Waals surface area contributed by atoms with Crippen LogP contribution in [-0.4, -0.2) is 23.6 Å². The Morgan fingerprint density at radius 1 is 1.05 bits per heavy atom. The van der Waals surface area contributed by atoms with Crippen LogP contribution in [0, 0.1) is 0 Å². The van der Waals surface area contributed by atoms with Gasteiger partial charge < -0.3 is 9.64 Å². The van der Waals surface area contributed by atoms with Gasteiger partial charge in [0, 0.05) is 12.6 Å². The summed E-state index contributed by atoms with van der Waals surface area (Å²) in [5.74, 6) is 0.581. The Kier molecular flexibility index (Phi) is 4.24. The van der Waals surface area contributed by atoms with E-state index in [1.165, 1.54) is 11.1 Å². The lowest BCUT2D eigenvalue weighted by molar-refractivity contribution is 0.140. The van der Waals surface area contributed by atoms with Crippen molar-refractivity contribution in [1.82, 2.24) is 4.90 Å². The van der Waals surface area contributed by atoms with Gasteiger partial charge >= 0.3 is 6.09 Å². The fraction of sp³-hybridized carbons (Fsp3) is 0.211. The molecule has 1 heterocycles. The number of hydrogen-bond acceptors (Lipinski definition) is 2. The van der Waals surface area contributed by atoms with Gasteiger partial charge in [-0.1, -0.05) is 54.6 Å². The number of hydrogen-bond donors (Lipinski definition) is 0. The highest BCUT2D eigenvalue weighted by Gasteiger charge is 2.25. The molecule has 0 saturated heterocycles. The van der Waals surface area contributed by atoms with E-state index < -0.39 is 0 Å². The van der Waals surface area contributed by atoms with Crippen molar-refractivity contribution in [2.45, 2.75) is 19.4 Å². The van der Waals surface area contributed by atoms with Gasteiger partial charge in [0.25, 0.3) is 0 Å². The number of rotatable bonds is 2. The molecule has 2 aromatic carbocycles. The molecule has 0 spiro atoms. The number of nitrogens with zero attached hydrogens (tertiary/aromatic N) is 1. The molecule has 22 heavy (non-hydrogen) atoms. The van der Waals surface area contributed by atoms with E-state index in [0.717, 1.165) is 6.42 Å². The van der Waals surface area contributed by atoms with E-state index in [1.807, 2.05) is 36.4 Å². The standard InChI is InChI=1S/C19H19NO2/c1-15-14-17(16-8-4-2-5-9-16)12-13-20(15)19(21)22-18-10-6-3-7-11-18/h2-12,15H,13-14H2,1H3. The molecule has 1 atom stereocenters. The summed E-state index contributed by atoms with van der Waals surface area (Å²) < 4.78 is 5.42. The maximum Gasteiger partial charge on any atom is 0.415 e. The number of para-hydroxylation sites is 1. The van der Waals surface area contributed by atoms with E-state index in [-0.39, 0.29) is 12.1 Å². The molecule has 3 heteroatoms. The van der Waals surface area contributed by atoms with E-state index in [9.17, 15) is 4.79 Å². The first-order chi connectivity index (χ1) is 10.7. The molecule has 1 aliphatic heterocycles. The van der Waals surface area contributed by atoms with Crippen LogP contribution in [0.3, 0.4) is 0 Å². The molecule has 2 aromatic rings. The predicted octanol–water partition coefficient (Wildman–Crippen LogP) is 4.36. The second-order valence-corrected chi connectivity index (χ2v) is 5.48. The molecule has 0 radical (unpaired) electrons. The third-order valence-corrected chi connectivity index (χ3v) is 3.91. The van der Waals surface area contributed by atoms with Crippen LogP contribution >= 0.6 is 0 Å². The fourth-order valence-electron chi connectivity index (χ4n) is 2.69. The van der Waals surface area contributed by atoms with E-state index >= 15 is 0 Å². The summed E-state index contributed by atoms with van der Waals surface area (Å²) in [6.45, 7) is 2.64. The molecule has 1 aliphatic rings. The van der Waals surface area contributed by atoms with Crippen LogP contribution < -0.4 is 4.74 Å². The van der Waals surface area contributed by atoms with Gasteiger partial charge in [0.1, 0.15) is 5.75 Å². The fourth-order valence-corrected chi connectivity index (χ4v) is 2.69. The molecule has 0 aromatic heterocycles. The second-order valence-electron chi connectivity index (χ2n) is 5.48. The first kappa shape index (κ1) is 14.4. The average Bonchev–Trinajstić information content (AvgIpc) is 2.56. The zero-order valence-electron chi connectivity index (χ0n) is 12.6. The minimum absolute atomic E-state index is 0.122. The summed E-state index contributed by atoms with van der Waals surface area (Å²) in [5.41, 5.74) is 2.52. The maximum absolute atomic E-state index is 12.3. The SMILES string of the molecule is CC1CC(c2ccccc2)=CCN1C(=O)Oc1ccccc1. The molecule has 112 valence electrons. The molecule has 3 nitrogen and oxygen atoms in total. The molecule has 1 amide bonds. The number of carbonyl (C=O) groups is 1. The summed E-state index contributed by atoms with van der Waals surface area (Å²) in [7, 11) is 0. The van der Waals surface area contributed by atoms with Gasteiger partial charge in [-0.05, 0) is 36.6 Å². The van der Waals surface area contributed by atoms with E-state index in [1.54, 1.807) is 17.0 Å². The van der Waals surface area contributed by atoms with Gasteiger partial charge in [0.05, 0.1) is 0 Å². The first-order valence-electron chi connectivity index (χ1n) is 7.52. The highest BCUT2D eigenvalue weighted by Crippen LogP contribution is 2.26. The average molecular weight is 293 g/mol. The summed E-state index contributed by atoms with van der Waals surface area (Å²) in [4.78, 5) is 14.1. The number of ether oxygens (including phenoxy) is 1. The van der Waals surface area contributed by atoms with Crippen LogP contribution in [0.5, 0.6) is 5.75 Å². The lowest BCUT2D eigenvalue weighted by Gasteiger charge is -2.32. The molecular formula is C19H19NO2. The van der Waals surface area contributed by atoms with Crippen molar-refractivity contribution in [2.75, 3.05) is 6.54 Å². The third-order valence-electron chi connectivity index (χ3n) is 3.91. The van der Waals surface area contributed by atoms with E-state index in [2.05, 4.69) is 25.1 Å². The Morgan fingerprint density at radius 3 is 2.32 bits per heavy atom. The second kappa shape index (κ2) is 6.48. The van der Waals surface area contributed by atoms with Crippen LogP contribution in [0.25, 0.3) is 5.57 Å².